The summed E-state index contributed by atoms with van der Waals surface area (Å²) in [5.74, 6) is -6.68. The van der Waals surface area contributed by atoms with Gasteiger partial charge in [0.15, 0.2) is 0 Å². The molecule has 0 spiro atoms. The molecule has 2 aromatic heterocycles. The van der Waals surface area contributed by atoms with Crippen LogP contribution in [0.5, 0.6) is 0 Å². The minimum Gasteiger partial charge on any atom is -0.475 e. The van der Waals surface area contributed by atoms with E-state index in [0.717, 1.165) is 0 Å². The maximum Gasteiger partial charge on any atom is 0.490 e. The van der Waals surface area contributed by atoms with E-state index >= 15 is 0 Å². The zero-order chi connectivity index (χ0) is 24.9. The summed E-state index contributed by atoms with van der Waals surface area (Å²) in [7, 11) is 0. The summed E-state index contributed by atoms with van der Waals surface area (Å²) in [6.45, 7) is 0. The number of carboxylic acid groups (broad SMARTS) is 2. The number of nitrogen functional groups attached to an aromatic ring is 1. The fraction of sp³-hybridized carbons (Fsp3) is 0.125. The molecule has 0 unspecified atom stereocenters. The van der Waals surface area contributed by atoms with Gasteiger partial charge < -0.3 is 15.9 Å². The summed E-state index contributed by atoms with van der Waals surface area (Å²) < 4.78 is 92.1. The van der Waals surface area contributed by atoms with Crippen LogP contribution in [-0.2, 0) is 9.59 Å². The van der Waals surface area contributed by atoms with E-state index in [1.54, 1.807) is 6.07 Å². The highest BCUT2D eigenvalue weighted by molar-refractivity contribution is 5.73. The van der Waals surface area contributed by atoms with Crippen LogP contribution in [0.1, 0.15) is 0 Å². The van der Waals surface area contributed by atoms with E-state index in [2.05, 4.69) is 10.1 Å². The van der Waals surface area contributed by atoms with Gasteiger partial charge in [0.2, 0.25) is 5.95 Å². The quantitative estimate of drug-likeness (QED) is 0.460. The van der Waals surface area contributed by atoms with Crippen LogP contribution in [0.15, 0.2) is 36.5 Å². The van der Waals surface area contributed by atoms with Crippen LogP contribution >= 0.6 is 0 Å². The molecule has 0 saturated carbocycles. The van der Waals surface area contributed by atoms with E-state index in [9.17, 15) is 35.1 Å². The Kier molecular flexibility index (Phi) is 8.05. The monoisotopic (exact) mass is 474 g/mol. The van der Waals surface area contributed by atoms with Gasteiger partial charge in [-0.15, -0.1) is 0 Å². The Morgan fingerprint density at radius 3 is 1.72 bits per heavy atom. The number of alkyl halides is 6. The number of carbonyl (C=O) groups is 2. The topological polar surface area (TPSA) is 131 Å². The Morgan fingerprint density at radius 2 is 1.31 bits per heavy atom. The molecule has 3 aromatic rings. The van der Waals surface area contributed by atoms with Gasteiger partial charge in [-0.05, 0) is 24.3 Å². The van der Waals surface area contributed by atoms with Gasteiger partial charge >= 0.3 is 24.3 Å². The van der Waals surface area contributed by atoms with Gasteiger partial charge in [-0.2, -0.15) is 36.0 Å². The summed E-state index contributed by atoms with van der Waals surface area (Å²) in [5, 5.41) is 18.3. The van der Waals surface area contributed by atoms with Gasteiger partial charge in [-0.1, -0.05) is 6.07 Å². The van der Waals surface area contributed by atoms with Gasteiger partial charge in [0, 0.05) is 0 Å². The number of carboxylic acids is 2. The largest absolute Gasteiger partial charge is 0.490 e. The first-order valence-corrected chi connectivity index (χ1v) is 7.70. The van der Waals surface area contributed by atoms with Crippen LogP contribution in [0.2, 0.25) is 0 Å². The van der Waals surface area contributed by atoms with Crippen molar-refractivity contribution >= 4 is 23.4 Å². The number of fused-ring (bicyclic) bond motifs is 1. The second-order valence-electron chi connectivity index (χ2n) is 5.37. The van der Waals surface area contributed by atoms with Crippen molar-refractivity contribution < 1.29 is 54.9 Å². The summed E-state index contributed by atoms with van der Waals surface area (Å²) in [4.78, 5) is 21.7. The lowest BCUT2D eigenvalue weighted by Gasteiger charge is -2.05. The third kappa shape index (κ3) is 7.06. The Morgan fingerprint density at radius 1 is 0.875 bits per heavy atom. The van der Waals surface area contributed by atoms with Gasteiger partial charge in [0.25, 0.3) is 0 Å². The van der Waals surface area contributed by atoms with E-state index in [4.69, 9.17) is 25.5 Å². The fourth-order valence-corrected chi connectivity index (χ4v) is 1.78. The predicted molar refractivity (Wildman–Crippen MR) is 90.1 cm³/mol. The van der Waals surface area contributed by atoms with E-state index in [1.807, 2.05) is 0 Å². The lowest BCUT2D eigenvalue weighted by Crippen LogP contribution is -2.21. The molecule has 174 valence electrons. The van der Waals surface area contributed by atoms with Crippen LogP contribution in [0.25, 0.3) is 16.8 Å². The Bertz CT molecular complexity index is 1070. The lowest BCUT2D eigenvalue weighted by atomic mass is 10.1. The van der Waals surface area contributed by atoms with Gasteiger partial charge in [0.1, 0.15) is 11.6 Å². The number of aromatic nitrogens is 3. The van der Waals surface area contributed by atoms with E-state index in [-0.39, 0.29) is 17.2 Å². The molecule has 0 bridgehead atoms. The number of halogens is 8. The highest BCUT2D eigenvalue weighted by atomic mass is 19.4. The van der Waals surface area contributed by atoms with Crippen molar-refractivity contribution in [3.63, 3.8) is 0 Å². The zero-order valence-corrected chi connectivity index (χ0v) is 15.1. The number of benzene rings is 1. The van der Waals surface area contributed by atoms with Crippen molar-refractivity contribution in [1.29, 1.82) is 0 Å². The smallest absolute Gasteiger partial charge is 0.475 e. The Labute approximate surface area is 171 Å². The first kappa shape index (κ1) is 26.1. The van der Waals surface area contributed by atoms with Crippen LogP contribution in [0, 0.1) is 11.6 Å². The molecule has 0 aliphatic heterocycles. The van der Waals surface area contributed by atoms with E-state index in [0.29, 0.717) is 5.52 Å². The first-order chi connectivity index (χ1) is 14.6. The molecule has 16 heteroatoms. The molecule has 0 radical (unpaired) electrons. The number of hydrogen-bond donors (Lipinski definition) is 3. The molecule has 4 N–H and O–H groups in total. The predicted octanol–water partition coefficient (Wildman–Crippen LogP) is 3.52. The third-order valence-corrected chi connectivity index (χ3v) is 3.11. The molecule has 0 fully saturated rings. The number of rotatable bonds is 1. The molecule has 0 saturated heterocycles. The molecule has 0 atom stereocenters. The number of nitrogens with zero attached hydrogens (tertiary/aromatic N) is 3. The molecule has 32 heavy (non-hydrogen) atoms. The van der Waals surface area contributed by atoms with Gasteiger partial charge in [-0.3, -0.25) is 0 Å². The zero-order valence-electron chi connectivity index (χ0n) is 15.1. The molecular formula is C16H10F8N4O4. The number of aliphatic carboxylic acids is 2. The van der Waals surface area contributed by atoms with Crippen molar-refractivity contribution in [1.82, 2.24) is 14.6 Å². The maximum absolute atomic E-state index is 13.6. The fourth-order valence-electron chi connectivity index (χ4n) is 1.78. The van der Waals surface area contributed by atoms with E-state index < -0.39 is 35.9 Å². The average molecular weight is 474 g/mol. The van der Waals surface area contributed by atoms with Crippen LogP contribution in [0.3, 0.4) is 0 Å². The maximum atomic E-state index is 13.6. The normalized spacial score (nSPS) is 11.1. The number of nitrogens with two attached hydrogens (primary N) is 1. The second kappa shape index (κ2) is 9.88. The third-order valence-electron chi connectivity index (χ3n) is 3.11. The highest BCUT2D eigenvalue weighted by Gasteiger charge is 2.38. The summed E-state index contributed by atoms with van der Waals surface area (Å²) >= 11 is 0. The molecule has 3 rings (SSSR count). The SMILES string of the molecule is Nc1ncc2ccc(-c3c(F)cccc3F)nn12.O=C(O)C(F)(F)F.O=C(O)C(F)(F)F. The Hall–Kier alpha value is -3.98. The van der Waals surface area contributed by atoms with Crippen molar-refractivity contribution in [2.45, 2.75) is 12.4 Å². The van der Waals surface area contributed by atoms with Crippen molar-refractivity contribution in [2.24, 2.45) is 0 Å². The molecule has 8 nitrogen and oxygen atoms in total. The average Bonchev–Trinajstić information content (AvgIpc) is 3.02. The molecule has 0 aliphatic rings. The number of hydrogen-bond acceptors (Lipinski definition) is 5. The molecule has 1 aromatic carbocycles. The minimum atomic E-state index is -5.08. The molecule has 0 amide bonds. The van der Waals surface area contributed by atoms with Gasteiger partial charge in [-0.25, -0.2) is 23.4 Å². The molecule has 2 heterocycles. The van der Waals surface area contributed by atoms with Crippen molar-refractivity contribution in [3.05, 3.63) is 48.2 Å². The summed E-state index contributed by atoms with van der Waals surface area (Å²) in [6.07, 6.45) is -8.64. The second-order valence-corrected chi connectivity index (χ2v) is 5.37. The summed E-state index contributed by atoms with van der Waals surface area (Å²) in [5.41, 5.74) is 6.26. The molecular weight excluding hydrogens is 464 g/mol. The molecule has 0 aliphatic carbocycles. The van der Waals surface area contributed by atoms with Crippen molar-refractivity contribution in [2.75, 3.05) is 5.73 Å². The number of imidazole rings is 1. The minimum absolute atomic E-state index is 0.169. The van der Waals surface area contributed by atoms with Crippen molar-refractivity contribution in [3.8, 4) is 11.3 Å². The van der Waals surface area contributed by atoms with Crippen LogP contribution in [-0.4, -0.2) is 49.1 Å². The van der Waals surface area contributed by atoms with E-state index in [1.165, 1.54) is 35.0 Å². The first-order valence-electron chi connectivity index (χ1n) is 7.70. The van der Waals surface area contributed by atoms with Crippen LogP contribution in [0.4, 0.5) is 41.1 Å². The number of anilines is 1. The Balaban J connectivity index is 0.000000305. The standard InChI is InChI=1S/C12H8F2N4.2C2HF3O2/c13-8-2-1-3-9(14)11(8)10-5-4-7-6-16-12(15)18(7)17-10;2*3-2(4,5)1(6)7/h1-6H,(H2,15,16);2*(H,6,7). The lowest BCUT2D eigenvalue weighted by molar-refractivity contribution is -0.193. The van der Waals surface area contributed by atoms with Crippen LogP contribution < -0.4 is 5.73 Å². The highest BCUT2D eigenvalue weighted by Crippen LogP contribution is 2.24. The van der Waals surface area contributed by atoms with Gasteiger partial charge in [0.05, 0.1) is 23.0 Å². The summed E-state index contributed by atoms with van der Waals surface area (Å²) in [6, 6.07) is 6.84.